The predicted molar refractivity (Wildman–Crippen MR) is 78.9 cm³/mol. The van der Waals surface area contributed by atoms with E-state index in [1.165, 1.54) is 4.90 Å². The lowest BCUT2D eigenvalue weighted by atomic mass is 10.1. The average Bonchev–Trinajstić information content (AvgIpc) is 2.93. The summed E-state index contributed by atoms with van der Waals surface area (Å²) in [6.07, 6.45) is -0.927. The van der Waals surface area contributed by atoms with Gasteiger partial charge in [-0.1, -0.05) is 12.1 Å². The molecular weight excluding hydrogens is 270 g/mol. The number of hydrogen-bond donors (Lipinski definition) is 2. The Morgan fingerprint density at radius 3 is 2.43 bits per heavy atom. The van der Waals surface area contributed by atoms with Crippen LogP contribution < -0.4 is 0 Å². The third-order valence-corrected chi connectivity index (χ3v) is 3.20. The molecule has 5 nitrogen and oxygen atoms in total. The first-order valence-electron chi connectivity index (χ1n) is 6.72. The van der Waals surface area contributed by atoms with Gasteiger partial charge in [0.05, 0.1) is 12.7 Å². The SMILES string of the molecule is Cc1ccc(-c2ccc(C(=O)N(C)C[C@H](O)CO)cc2)o1. The Bertz CT molecular complexity index is 603. The summed E-state index contributed by atoms with van der Waals surface area (Å²) < 4.78 is 5.53. The molecule has 0 saturated carbocycles. The van der Waals surface area contributed by atoms with Gasteiger partial charge in [-0.3, -0.25) is 4.79 Å². The lowest BCUT2D eigenvalue weighted by molar-refractivity contribution is 0.0520. The summed E-state index contributed by atoms with van der Waals surface area (Å²) in [4.78, 5) is 13.5. The largest absolute Gasteiger partial charge is 0.461 e. The van der Waals surface area contributed by atoms with Crippen LogP contribution in [0.4, 0.5) is 0 Å². The van der Waals surface area contributed by atoms with Crippen molar-refractivity contribution in [3.8, 4) is 11.3 Å². The van der Waals surface area contributed by atoms with Crippen LogP contribution in [0.1, 0.15) is 16.1 Å². The van der Waals surface area contributed by atoms with E-state index in [0.29, 0.717) is 5.56 Å². The van der Waals surface area contributed by atoms with Crippen LogP contribution in [0.25, 0.3) is 11.3 Å². The zero-order valence-corrected chi connectivity index (χ0v) is 12.1. The van der Waals surface area contributed by atoms with Crippen molar-refractivity contribution in [2.45, 2.75) is 13.0 Å². The molecule has 0 aliphatic rings. The van der Waals surface area contributed by atoms with Crippen LogP contribution in [0.5, 0.6) is 0 Å². The normalized spacial score (nSPS) is 12.2. The van der Waals surface area contributed by atoms with E-state index in [9.17, 15) is 9.90 Å². The number of carbonyl (C=O) groups is 1. The van der Waals surface area contributed by atoms with Gasteiger partial charge in [0.15, 0.2) is 0 Å². The second-order valence-electron chi connectivity index (χ2n) is 5.01. The summed E-state index contributed by atoms with van der Waals surface area (Å²) in [6, 6.07) is 10.9. The molecule has 0 bridgehead atoms. The fourth-order valence-electron chi connectivity index (χ4n) is 2.04. The molecule has 1 heterocycles. The second kappa shape index (κ2) is 6.56. The van der Waals surface area contributed by atoms with Gasteiger partial charge in [-0.25, -0.2) is 0 Å². The molecule has 1 aromatic carbocycles. The topological polar surface area (TPSA) is 73.9 Å². The molecule has 1 atom stereocenters. The highest BCUT2D eigenvalue weighted by atomic mass is 16.3. The molecule has 0 aliphatic carbocycles. The minimum Gasteiger partial charge on any atom is -0.461 e. The Kier molecular flexibility index (Phi) is 4.77. The van der Waals surface area contributed by atoms with Crippen LogP contribution in [0.15, 0.2) is 40.8 Å². The molecule has 112 valence electrons. The van der Waals surface area contributed by atoms with Gasteiger partial charge >= 0.3 is 0 Å². The van der Waals surface area contributed by atoms with E-state index in [-0.39, 0.29) is 19.1 Å². The van der Waals surface area contributed by atoms with Crippen molar-refractivity contribution in [3.63, 3.8) is 0 Å². The van der Waals surface area contributed by atoms with Crippen molar-refractivity contribution >= 4 is 5.91 Å². The summed E-state index contributed by atoms with van der Waals surface area (Å²) in [7, 11) is 1.59. The van der Waals surface area contributed by atoms with E-state index in [4.69, 9.17) is 9.52 Å². The van der Waals surface area contributed by atoms with Gasteiger partial charge in [-0.15, -0.1) is 0 Å². The van der Waals surface area contributed by atoms with Gasteiger partial charge in [0.25, 0.3) is 5.91 Å². The van der Waals surface area contributed by atoms with Crippen LogP contribution in [0.3, 0.4) is 0 Å². The first-order valence-corrected chi connectivity index (χ1v) is 6.72. The molecule has 0 spiro atoms. The van der Waals surface area contributed by atoms with Crippen molar-refractivity contribution < 1.29 is 19.4 Å². The van der Waals surface area contributed by atoms with Crippen LogP contribution in [-0.4, -0.2) is 47.3 Å². The summed E-state index contributed by atoms with van der Waals surface area (Å²) in [6.45, 7) is 1.60. The smallest absolute Gasteiger partial charge is 0.253 e. The maximum atomic E-state index is 12.2. The van der Waals surface area contributed by atoms with Crippen molar-refractivity contribution in [1.82, 2.24) is 4.90 Å². The van der Waals surface area contributed by atoms with E-state index < -0.39 is 6.10 Å². The van der Waals surface area contributed by atoms with Crippen LogP contribution in [0.2, 0.25) is 0 Å². The Hall–Kier alpha value is -2.11. The number of likely N-dealkylation sites (N-methyl/N-ethyl adjacent to an activating group) is 1. The number of hydrogen-bond acceptors (Lipinski definition) is 4. The summed E-state index contributed by atoms with van der Waals surface area (Å²) >= 11 is 0. The number of aliphatic hydroxyl groups excluding tert-OH is 2. The van der Waals surface area contributed by atoms with Crippen LogP contribution in [0, 0.1) is 6.92 Å². The fourth-order valence-corrected chi connectivity index (χ4v) is 2.04. The van der Waals surface area contributed by atoms with Crippen molar-refractivity contribution in [2.75, 3.05) is 20.2 Å². The lowest BCUT2D eigenvalue weighted by Crippen LogP contribution is -2.35. The summed E-state index contributed by atoms with van der Waals surface area (Å²) in [5.74, 6) is 1.39. The van der Waals surface area contributed by atoms with Crippen molar-refractivity contribution in [2.24, 2.45) is 0 Å². The zero-order chi connectivity index (χ0) is 15.4. The van der Waals surface area contributed by atoms with Gasteiger partial charge in [0, 0.05) is 24.7 Å². The van der Waals surface area contributed by atoms with Gasteiger partial charge in [-0.05, 0) is 31.2 Å². The molecule has 2 rings (SSSR count). The van der Waals surface area contributed by atoms with E-state index in [2.05, 4.69) is 0 Å². The monoisotopic (exact) mass is 289 g/mol. The molecule has 0 radical (unpaired) electrons. The van der Waals surface area contributed by atoms with E-state index in [0.717, 1.165) is 17.1 Å². The minimum absolute atomic E-state index is 0.0917. The third-order valence-electron chi connectivity index (χ3n) is 3.20. The molecule has 0 aliphatic heterocycles. The molecular formula is C16H19NO4. The van der Waals surface area contributed by atoms with Gasteiger partial charge in [-0.2, -0.15) is 0 Å². The van der Waals surface area contributed by atoms with E-state index in [1.807, 2.05) is 31.2 Å². The van der Waals surface area contributed by atoms with E-state index >= 15 is 0 Å². The first-order chi connectivity index (χ1) is 10.0. The lowest BCUT2D eigenvalue weighted by Gasteiger charge is -2.19. The molecule has 2 N–H and O–H groups in total. The Morgan fingerprint density at radius 1 is 1.24 bits per heavy atom. The molecule has 0 unspecified atom stereocenters. The number of nitrogens with zero attached hydrogens (tertiary/aromatic N) is 1. The average molecular weight is 289 g/mol. The number of rotatable bonds is 5. The van der Waals surface area contributed by atoms with Gasteiger partial charge in [0.1, 0.15) is 11.5 Å². The minimum atomic E-state index is -0.927. The summed E-state index contributed by atoms with van der Waals surface area (Å²) in [5, 5.41) is 18.2. The van der Waals surface area contributed by atoms with Gasteiger partial charge in [0.2, 0.25) is 0 Å². The number of aliphatic hydroxyl groups is 2. The maximum Gasteiger partial charge on any atom is 0.253 e. The Balaban J connectivity index is 2.09. The van der Waals surface area contributed by atoms with Crippen LogP contribution in [-0.2, 0) is 0 Å². The van der Waals surface area contributed by atoms with Crippen molar-refractivity contribution in [1.29, 1.82) is 0 Å². The molecule has 5 heteroatoms. The predicted octanol–water partition coefficient (Wildman–Crippen LogP) is 1.68. The summed E-state index contributed by atoms with van der Waals surface area (Å²) in [5.41, 5.74) is 1.42. The standard InChI is InChI=1S/C16H19NO4/c1-11-3-8-15(21-11)12-4-6-13(7-5-12)16(20)17(2)9-14(19)10-18/h3-8,14,18-19H,9-10H2,1-2H3/t14-/m0/s1. The van der Waals surface area contributed by atoms with Crippen molar-refractivity contribution in [3.05, 3.63) is 47.7 Å². The molecule has 2 aromatic rings. The second-order valence-corrected chi connectivity index (χ2v) is 5.01. The molecule has 21 heavy (non-hydrogen) atoms. The Morgan fingerprint density at radius 2 is 1.90 bits per heavy atom. The molecule has 1 amide bonds. The Labute approximate surface area is 123 Å². The van der Waals surface area contributed by atoms with Gasteiger partial charge < -0.3 is 19.5 Å². The molecule has 0 fully saturated rings. The highest BCUT2D eigenvalue weighted by Crippen LogP contribution is 2.22. The highest BCUT2D eigenvalue weighted by molar-refractivity contribution is 5.94. The number of furan rings is 1. The third kappa shape index (κ3) is 3.71. The molecule has 0 saturated heterocycles. The quantitative estimate of drug-likeness (QED) is 0.878. The van der Waals surface area contributed by atoms with Crippen LogP contribution >= 0.6 is 0 Å². The number of benzene rings is 1. The zero-order valence-electron chi connectivity index (χ0n) is 12.1. The first kappa shape index (κ1) is 15.3. The van der Waals surface area contributed by atoms with E-state index in [1.54, 1.807) is 19.2 Å². The highest BCUT2D eigenvalue weighted by Gasteiger charge is 2.15. The number of carbonyl (C=O) groups excluding carboxylic acids is 1. The number of amides is 1. The maximum absolute atomic E-state index is 12.2. The fraction of sp³-hybridized carbons (Fsp3) is 0.312. The number of aryl methyl sites for hydroxylation is 1. The molecule has 1 aromatic heterocycles.